The molecule has 0 aromatic heterocycles. The SMILES string of the molecule is CCCC[C@H](C)[C@H](OC)[C@@H](C)C(=O)N[C@H](C)Cc1ccccc1. The van der Waals surface area contributed by atoms with Gasteiger partial charge in [0.2, 0.25) is 5.91 Å². The summed E-state index contributed by atoms with van der Waals surface area (Å²) < 4.78 is 5.63. The summed E-state index contributed by atoms with van der Waals surface area (Å²) >= 11 is 0. The summed E-state index contributed by atoms with van der Waals surface area (Å²) in [5, 5.41) is 3.13. The van der Waals surface area contributed by atoms with Crippen LogP contribution in [0.1, 0.15) is 52.5 Å². The molecule has 0 aliphatic rings. The van der Waals surface area contributed by atoms with E-state index in [0.29, 0.717) is 5.92 Å². The smallest absolute Gasteiger partial charge is 0.225 e. The molecule has 0 aliphatic heterocycles. The first-order valence-corrected chi connectivity index (χ1v) is 8.86. The summed E-state index contributed by atoms with van der Waals surface area (Å²) in [5.41, 5.74) is 1.24. The molecule has 0 bridgehead atoms. The van der Waals surface area contributed by atoms with Crippen molar-refractivity contribution in [2.24, 2.45) is 11.8 Å². The van der Waals surface area contributed by atoms with E-state index in [1.165, 1.54) is 18.4 Å². The van der Waals surface area contributed by atoms with Gasteiger partial charge in [-0.25, -0.2) is 0 Å². The highest BCUT2D eigenvalue weighted by atomic mass is 16.5. The predicted octanol–water partition coefficient (Wildman–Crippen LogP) is 4.21. The Morgan fingerprint density at radius 3 is 2.39 bits per heavy atom. The molecule has 0 spiro atoms. The molecule has 1 aromatic rings. The molecule has 4 atom stereocenters. The second kappa shape index (κ2) is 10.4. The Labute approximate surface area is 141 Å². The summed E-state index contributed by atoms with van der Waals surface area (Å²) in [7, 11) is 1.71. The Bertz CT molecular complexity index is 446. The van der Waals surface area contributed by atoms with Gasteiger partial charge in [-0.2, -0.15) is 0 Å². The molecule has 0 aliphatic carbocycles. The predicted molar refractivity (Wildman–Crippen MR) is 96.4 cm³/mol. The van der Waals surface area contributed by atoms with E-state index in [2.05, 4.69) is 38.2 Å². The average Bonchev–Trinajstić information content (AvgIpc) is 2.54. The van der Waals surface area contributed by atoms with Crippen molar-refractivity contribution in [3.8, 4) is 0 Å². The van der Waals surface area contributed by atoms with Gasteiger partial charge in [0, 0.05) is 13.2 Å². The second-order valence-electron chi connectivity index (χ2n) is 6.71. The highest BCUT2D eigenvalue weighted by Gasteiger charge is 2.29. The van der Waals surface area contributed by atoms with E-state index in [0.717, 1.165) is 12.8 Å². The minimum atomic E-state index is -0.134. The number of hydrogen-bond donors (Lipinski definition) is 1. The van der Waals surface area contributed by atoms with Gasteiger partial charge in [0.25, 0.3) is 0 Å². The maximum atomic E-state index is 12.5. The first kappa shape index (κ1) is 19.7. The van der Waals surface area contributed by atoms with Crippen LogP contribution < -0.4 is 5.32 Å². The first-order valence-electron chi connectivity index (χ1n) is 8.86. The zero-order chi connectivity index (χ0) is 17.2. The molecule has 23 heavy (non-hydrogen) atoms. The van der Waals surface area contributed by atoms with Gasteiger partial charge >= 0.3 is 0 Å². The van der Waals surface area contributed by atoms with E-state index >= 15 is 0 Å². The molecule has 0 fully saturated rings. The van der Waals surface area contributed by atoms with Crippen LogP contribution in [0.2, 0.25) is 0 Å². The van der Waals surface area contributed by atoms with Gasteiger partial charge in [-0.05, 0) is 31.2 Å². The maximum absolute atomic E-state index is 12.5. The minimum Gasteiger partial charge on any atom is -0.380 e. The molecule has 3 heteroatoms. The van der Waals surface area contributed by atoms with Gasteiger partial charge in [-0.3, -0.25) is 4.79 Å². The molecule has 1 N–H and O–H groups in total. The third kappa shape index (κ3) is 6.74. The molecule has 0 radical (unpaired) electrons. The lowest BCUT2D eigenvalue weighted by Crippen LogP contribution is -2.43. The van der Waals surface area contributed by atoms with E-state index in [1.807, 2.05) is 25.1 Å². The largest absolute Gasteiger partial charge is 0.380 e. The molecular weight excluding hydrogens is 286 g/mol. The summed E-state index contributed by atoms with van der Waals surface area (Å²) in [6.45, 7) is 8.40. The Kier molecular flexibility index (Phi) is 8.93. The van der Waals surface area contributed by atoms with Gasteiger partial charge in [-0.1, -0.05) is 63.9 Å². The van der Waals surface area contributed by atoms with Gasteiger partial charge in [-0.15, -0.1) is 0 Å². The highest BCUT2D eigenvalue weighted by molar-refractivity contribution is 5.79. The zero-order valence-electron chi connectivity index (χ0n) is 15.3. The third-order valence-electron chi connectivity index (χ3n) is 4.53. The summed E-state index contributed by atoms with van der Waals surface area (Å²) in [6, 6.07) is 10.4. The first-order chi connectivity index (χ1) is 11.0. The summed E-state index contributed by atoms with van der Waals surface area (Å²) in [4.78, 5) is 12.5. The van der Waals surface area contributed by atoms with Crippen LogP contribution in [0.3, 0.4) is 0 Å². The average molecular weight is 319 g/mol. The van der Waals surface area contributed by atoms with Crippen molar-refractivity contribution in [2.75, 3.05) is 7.11 Å². The van der Waals surface area contributed by atoms with E-state index in [9.17, 15) is 4.79 Å². The number of carbonyl (C=O) groups excluding carboxylic acids is 1. The number of nitrogens with one attached hydrogen (secondary N) is 1. The van der Waals surface area contributed by atoms with Crippen LogP contribution >= 0.6 is 0 Å². The lowest BCUT2D eigenvalue weighted by atomic mass is 9.88. The summed E-state index contributed by atoms with van der Waals surface area (Å²) in [5.74, 6) is 0.346. The van der Waals surface area contributed by atoms with E-state index in [-0.39, 0.29) is 24.0 Å². The van der Waals surface area contributed by atoms with Crippen molar-refractivity contribution >= 4 is 5.91 Å². The van der Waals surface area contributed by atoms with Gasteiger partial charge in [0.15, 0.2) is 0 Å². The fraction of sp³-hybridized carbons (Fsp3) is 0.650. The fourth-order valence-electron chi connectivity index (χ4n) is 3.16. The lowest BCUT2D eigenvalue weighted by Gasteiger charge is -2.28. The monoisotopic (exact) mass is 319 g/mol. The number of hydrogen-bond acceptors (Lipinski definition) is 2. The van der Waals surface area contributed by atoms with Crippen LogP contribution in [0.25, 0.3) is 0 Å². The van der Waals surface area contributed by atoms with E-state index < -0.39 is 0 Å². The Hall–Kier alpha value is -1.35. The normalized spacial score (nSPS) is 16.4. The Balaban J connectivity index is 2.53. The molecule has 1 aromatic carbocycles. The molecule has 3 nitrogen and oxygen atoms in total. The van der Waals surface area contributed by atoms with Crippen molar-refractivity contribution in [1.29, 1.82) is 0 Å². The van der Waals surface area contributed by atoms with Crippen LogP contribution in [0, 0.1) is 11.8 Å². The topological polar surface area (TPSA) is 38.3 Å². The van der Waals surface area contributed by atoms with Crippen molar-refractivity contribution in [1.82, 2.24) is 5.32 Å². The van der Waals surface area contributed by atoms with Crippen molar-refractivity contribution in [2.45, 2.75) is 65.5 Å². The number of unbranched alkanes of at least 4 members (excludes halogenated alkanes) is 1. The highest BCUT2D eigenvalue weighted by Crippen LogP contribution is 2.22. The Morgan fingerprint density at radius 1 is 1.17 bits per heavy atom. The van der Waals surface area contributed by atoms with Crippen LogP contribution in [0.5, 0.6) is 0 Å². The Morgan fingerprint density at radius 2 is 1.83 bits per heavy atom. The van der Waals surface area contributed by atoms with Crippen LogP contribution in [-0.2, 0) is 16.0 Å². The maximum Gasteiger partial charge on any atom is 0.225 e. The number of amides is 1. The number of rotatable bonds is 10. The molecular formula is C20H33NO2. The number of carbonyl (C=O) groups is 1. The van der Waals surface area contributed by atoms with Crippen molar-refractivity contribution in [3.05, 3.63) is 35.9 Å². The molecule has 0 unspecified atom stereocenters. The van der Waals surface area contributed by atoms with Crippen LogP contribution in [-0.4, -0.2) is 25.2 Å². The molecule has 130 valence electrons. The summed E-state index contributed by atoms with van der Waals surface area (Å²) in [6.07, 6.45) is 4.29. The van der Waals surface area contributed by atoms with Crippen molar-refractivity contribution < 1.29 is 9.53 Å². The van der Waals surface area contributed by atoms with Gasteiger partial charge < -0.3 is 10.1 Å². The van der Waals surface area contributed by atoms with Crippen molar-refractivity contribution in [3.63, 3.8) is 0 Å². The molecule has 1 rings (SSSR count). The van der Waals surface area contributed by atoms with Crippen LogP contribution in [0.4, 0.5) is 0 Å². The number of ether oxygens (including phenoxy) is 1. The molecule has 0 saturated carbocycles. The standard InChI is InChI=1S/C20H33NO2/c1-6-7-11-15(2)19(23-5)17(4)20(22)21-16(3)14-18-12-9-8-10-13-18/h8-10,12-13,15-17,19H,6-7,11,14H2,1-5H3,(H,21,22)/t15-,16+,17+,19-/m0/s1. The van der Waals surface area contributed by atoms with Gasteiger partial charge in [0.05, 0.1) is 12.0 Å². The second-order valence-corrected chi connectivity index (χ2v) is 6.71. The minimum absolute atomic E-state index is 0.0227. The third-order valence-corrected chi connectivity index (χ3v) is 4.53. The lowest BCUT2D eigenvalue weighted by molar-refractivity contribution is -0.131. The van der Waals surface area contributed by atoms with Crippen LogP contribution in [0.15, 0.2) is 30.3 Å². The number of benzene rings is 1. The molecule has 0 saturated heterocycles. The van der Waals surface area contributed by atoms with E-state index in [4.69, 9.17) is 4.74 Å². The zero-order valence-corrected chi connectivity index (χ0v) is 15.3. The quantitative estimate of drug-likeness (QED) is 0.701. The van der Waals surface area contributed by atoms with Gasteiger partial charge in [0.1, 0.15) is 0 Å². The van der Waals surface area contributed by atoms with E-state index in [1.54, 1.807) is 7.11 Å². The fourth-order valence-corrected chi connectivity index (χ4v) is 3.16. The molecule has 0 heterocycles. The number of methoxy groups -OCH3 is 1. The molecule has 1 amide bonds.